The van der Waals surface area contributed by atoms with Gasteiger partial charge in [-0.2, -0.15) is 0 Å². The van der Waals surface area contributed by atoms with Crippen LogP contribution in [0.25, 0.3) is 0 Å². The molecule has 0 aromatic heterocycles. The van der Waals surface area contributed by atoms with Crippen LogP contribution in [0.5, 0.6) is 5.75 Å². The van der Waals surface area contributed by atoms with Gasteiger partial charge in [-0.1, -0.05) is 36.4 Å². The molecule has 2 amide bonds. The summed E-state index contributed by atoms with van der Waals surface area (Å²) >= 11 is 0. The van der Waals surface area contributed by atoms with Crippen molar-refractivity contribution in [3.05, 3.63) is 65.2 Å². The van der Waals surface area contributed by atoms with Gasteiger partial charge >= 0.3 is 6.03 Å². The number of hydrogen-bond acceptors (Lipinski definition) is 3. The summed E-state index contributed by atoms with van der Waals surface area (Å²) in [4.78, 5) is 12.0. The van der Waals surface area contributed by atoms with Gasteiger partial charge in [0.2, 0.25) is 0 Å². The van der Waals surface area contributed by atoms with Crippen molar-refractivity contribution in [1.29, 1.82) is 0 Å². The standard InChI is InChI=1S/C19H22N2O3/c1-24-16-8-6-14(7-9-16)12-20-18(22)21-13-19(23)11-10-15-4-2-3-5-17(15)19/h2-9,23H,10-13H2,1H3,(H2,20,21,22). The number of nitrogens with one attached hydrogen (secondary N) is 2. The predicted molar refractivity (Wildman–Crippen MR) is 91.9 cm³/mol. The van der Waals surface area contributed by atoms with Crippen molar-refractivity contribution in [2.75, 3.05) is 13.7 Å². The van der Waals surface area contributed by atoms with Crippen LogP contribution < -0.4 is 15.4 Å². The normalized spacial score (nSPS) is 18.8. The van der Waals surface area contributed by atoms with E-state index >= 15 is 0 Å². The van der Waals surface area contributed by atoms with E-state index in [9.17, 15) is 9.90 Å². The van der Waals surface area contributed by atoms with Crippen LogP contribution in [0.3, 0.4) is 0 Å². The fourth-order valence-electron chi connectivity index (χ4n) is 3.07. The molecule has 0 heterocycles. The Kier molecular flexibility index (Phi) is 4.71. The van der Waals surface area contributed by atoms with Crippen LogP contribution in [-0.4, -0.2) is 24.8 Å². The second-order valence-corrected chi connectivity index (χ2v) is 6.07. The lowest BCUT2D eigenvalue weighted by Crippen LogP contribution is -2.43. The Labute approximate surface area is 141 Å². The average molecular weight is 326 g/mol. The van der Waals surface area contributed by atoms with Crippen molar-refractivity contribution >= 4 is 6.03 Å². The quantitative estimate of drug-likeness (QED) is 0.790. The first kappa shape index (κ1) is 16.3. The molecule has 24 heavy (non-hydrogen) atoms. The molecule has 0 bridgehead atoms. The van der Waals surface area contributed by atoms with E-state index in [1.165, 1.54) is 0 Å². The molecule has 5 nitrogen and oxygen atoms in total. The molecule has 3 N–H and O–H groups in total. The van der Waals surface area contributed by atoms with Gasteiger partial charge in [0.15, 0.2) is 0 Å². The van der Waals surface area contributed by atoms with Crippen LogP contribution in [0.1, 0.15) is 23.1 Å². The van der Waals surface area contributed by atoms with Gasteiger partial charge in [-0.25, -0.2) is 4.79 Å². The molecule has 0 spiro atoms. The number of aliphatic hydroxyl groups is 1. The number of hydrogen-bond donors (Lipinski definition) is 3. The molecule has 0 fully saturated rings. The van der Waals surface area contributed by atoms with Gasteiger partial charge in [-0.05, 0) is 41.7 Å². The summed E-state index contributed by atoms with van der Waals surface area (Å²) in [6.07, 6.45) is 1.47. The third kappa shape index (κ3) is 3.51. The molecule has 1 aliphatic carbocycles. The molecular weight excluding hydrogens is 304 g/mol. The van der Waals surface area contributed by atoms with Crippen molar-refractivity contribution in [3.63, 3.8) is 0 Å². The number of rotatable bonds is 5. The molecule has 0 saturated carbocycles. The molecule has 0 saturated heterocycles. The number of fused-ring (bicyclic) bond motifs is 1. The van der Waals surface area contributed by atoms with Crippen LogP contribution in [0.4, 0.5) is 4.79 Å². The fourth-order valence-corrected chi connectivity index (χ4v) is 3.07. The lowest BCUT2D eigenvalue weighted by atomic mass is 9.96. The summed E-state index contributed by atoms with van der Waals surface area (Å²) in [5, 5.41) is 16.4. The predicted octanol–water partition coefficient (Wildman–Crippen LogP) is 2.33. The molecule has 3 rings (SSSR count). The van der Waals surface area contributed by atoms with Crippen LogP contribution in [-0.2, 0) is 18.6 Å². The van der Waals surface area contributed by atoms with Crippen LogP contribution in [0.2, 0.25) is 0 Å². The zero-order valence-electron chi connectivity index (χ0n) is 13.7. The molecule has 1 atom stereocenters. The SMILES string of the molecule is COc1ccc(CNC(=O)NCC2(O)CCc3ccccc32)cc1. The van der Waals surface area contributed by atoms with Crippen molar-refractivity contribution in [3.8, 4) is 5.75 Å². The summed E-state index contributed by atoms with van der Waals surface area (Å²) in [6.45, 7) is 0.628. The fraction of sp³-hybridized carbons (Fsp3) is 0.316. The molecule has 0 aliphatic heterocycles. The number of carbonyl (C=O) groups excluding carboxylic acids is 1. The first-order chi connectivity index (χ1) is 11.6. The number of carbonyl (C=O) groups is 1. The number of aryl methyl sites for hydroxylation is 1. The molecule has 126 valence electrons. The van der Waals surface area contributed by atoms with Gasteiger partial charge in [0.25, 0.3) is 0 Å². The number of benzene rings is 2. The van der Waals surface area contributed by atoms with Crippen LogP contribution in [0.15, 0.2) is 48.5 Å². The molecule has 0 radical (unpaired) electrons. The van der Waals surface area contributed by atoms with E-state index in [2.05, 4.69) is 10.6 Å². The summed E-state index contributed by atoms with van der Waals surface area (Å²) < 4.78 is 5.10. The highest BCUT2D eigenvalue weighted by molar-refractivity contribution is 5.74. The van der Waals surface area contributed by atoms with Crippen molar-refractivity contribution in [2.24, 2.45) is 0 Å². The maximum Gasteiger partial charge on any atom is 0.315 e. The summed E-state index contributed by atoms with van der Waals surface area (Å²) in [5.41, 5.74) is 2.07. The number of ether oxygens (including phenoxy) is 1. The van der Waals surface area contributed by atoms with E-state index in [1.807, 2.05) is 48.5 Å². The number of amides is 2. The Bertz CT molecular complexity index is 715. The molecule has 1 aliphatic rings. The maximum atomic E-state index is 12.0. The monoisotopic (exact) mass is 326 g/mol. The van der Waals surface area contributed by atoms with Gasteiger partial charge < -0.3 is 20.5 Å². The number of urea groups is 1. The molecular formula is C19H22N2O3. The van der Waals surface area contributed by atoms with Gasteiger partial charge in [0, 0.05) is 6.54 Å². The maximum absolute atomic E-state index is 12.0. The Morgan fingerprint density at radius 1 is 1.17 bits per heavy atom. The zero-order valence-corrected chi connectivity index (χ0v) is 13.7. The lowest BCUT2D eigenvalue weighted by molar-refractivity contribution is 0.0412. The summed E-state index contributed by atoms with van der Waals surface area (Å²) in [7, 11) is 1.62. The van der Waals surface area contributed by atoms with E-state index < -0.39 is 5.60 Å². The average Bonchev–Trinajstić information content (AvgIpc) is 2.96. The highest BCUT2D eigenvalue weighted by Crippen LogP contribution is 2.36. The summed E-state index contributed by atoms with van der Waals surface area (Å²) in [6, 6.07) is 15.1. The highest BCUT2D eigenvalue weighted by Gasteiger charge is 2.36. The second kappa shape index (κ2) is 6.93. The molecule has 2 aromatic carbocycles. The Hall–Kier alpha value is -2.53. The van der Waals surface area contributed by atoms with Crippen LogP contribution in [0, 0.1) is 0 Å². The third-order valence-corrected chi connectivity index (χ3v) is 4.48. The van der Waals surface area contributed by atoms with Gasteiger partial charge in [-0.15, -0.1) is 0 Å². The van der Waals surface area contributed by atoms with Gasteiger partial charge in [0.05, 0.1) is 13.7 Å². The molecule has 2 aromatic rings. The molecule has 5 heteroatoms. The smallest absolute Gasteiger partial charge is 0.315 e. The van der Waals surface area contributed by atoms with Crippen LogP contribution >= 0.6 is 0 Å². The van der Waals surface area contributed by atoms with Gasteiger partial charge in [-0.3, -0.25) is 0 Å². The lowest BCUT2D eigenvalue weighted by Gasteiger charge is -2.24. The van der Waals surface area contributed by atoms with E-state index in [-0.39, 0.29) is 12.6 Å². The Morgan fingerprint density at radius 3 is 2.67 bits per heavy atom. The van der Waals surface area contributed by atoms with Gasteiger partial charge in [0.1, 0.15) is 11.4 Å². The zero-order chi connectivity index (χ0) is 17.0. The van der Waals surface area contributed by atoms with E-state index in [1.54, 1.807) is 7.11 Å². The van der Waals surface area contributed by atoms with Crippen molar-refractivity contribution < 1.29 is 14.6 Å². The first-order valence-electron chi connectivity index (χ1n) is 8.06. The minimum atomic E-state index is -0.978. The van der Waals surface area contributed by atoms with Crippen molar-refractivity contribution in [1.82, 2.24) is 10.6 Å². The van der Waals surface area contributed by atoms with Crippen molar-refractivity contribution in [2.45, 2.75) is 25.0 Å². The summed E-state index contributed by atoms with van der Waals surface area (Å²) in [5.74, 6) is 0.783. The number of methoxy groups -OCH3 is 1. The minimum absolute atomic E-state index is 0.207. The Morgan fingerprint density at radius 2 is 1.92 bits per heavy atom. The van der Waals surface area contributed by atoms with E-state index in [4.69, 9.17) is 4.74 Å². The highest BCUT2D eigenvalue weighted by atomic mass is 16.5. The van der Waals surface area contributed by atoms with E-state index in [0.29, 0.717) is 13.0 Å². The second-order valence-electron chi connectivity index (χ2n) is 6.07. The first-order valence-corrected chi connectivity index (χ1v) is 8.06. The largest absolute Gasteiger partial charge is 0.497 e. The molecule has 1 unspecified atom stereocenters. The topological polar surface area (TPSA) is 70.6 Å². The third-order valence-electron chi connectivity index (χ3n) is 4.48. The Balaban J connectivity index is 1.51. The van der Waals surface area contributed by atoms with E-state index in [0.717, 1.165) is 28.9 Å². The minimum Gasteiger partial charge on any atom is -0.497 e.